The fourth-order valence-corrected chi connectivity index (χ4v) is 1.03. The monoisotopic (exact) mass is 199 g/mol. The van der Waals surface area contributed by atoms with Gasteiger partial charge in [-0.3, -0.25) is 0 Å². The van der Waals surface area contributed by atoms with Crippen LogP contribution >= 0.6 is 0 Å². The van der Waals surface area contributed by atoms with Crippen molar-refractivity contribution in [3.05, 3.63) is 35.4 Å². The summed E-state index contributed by atoms with van der Waals surface area (Å²) in [5.74, 6) is -2.01. The van der Waals surface area contributed by atoms with Crippen molar-refractivity contribution in [3.63, 3.8) is 0 Å². The van der Waals surface area contributed by atoms with Gasteiger partial charge in [-0.05, 0) is 12.1 Å². The molecule has 1 rings (SSSR count). The van der Waals surface area contributed by atoms with Gasteiger partial charge in [-0.2, -0.15) is 4.39 Å². The highest BCUT2D eigenvalue weighted by Crippen LogP contribution is 2.22. The van der Waals surface area contributed by atoms with Crippen LogP contribution < -0.4 is 10.5 Å². The summed E-state index contributed by atoms with van der Waals surface area (Å²) in [6, 6.07) is 2.80. The Morgan fingerprint density at radius 2 is 2.07 bits per heavy atom. The van der Waals surface area contributed by atoms with Crippen LogP contribution in [0.2, 0.25) is 0 Å². The van der Waals surface area contributed by atoms with E-state index in [-0.39, 0.29) is 17.9 Å². The van der Waals surface area contributed by atoms with Crippen LogP contribution in [0.5, 0.6) is 5.75 Å². The second-order valence-corrected chi connectivity index (χ2v) is 2.62. The molecule has 2 N–H and O–H groups in total. The average Bonchev–Trinajstić information content (AvgIpc) is 2.20. The van der Waals surface area contributed by atoms with Crippen LogP contribution in [0.4, 0.5) is 8.78 Å². The number of hydrogen-bond donors (Lipinski definition) is 1. The zero-order chi connectivity index (χ0) is 10.6. The van der Waals surface area contributed by atoms with Gasteiger partial charge in [0, 0.05) is 12.1 Å². The normalized spacial score (nSPS) is 10.9. The Hall–Kier alpha value is -1.42. The number of nitrogens with two attached hydrogens (primary N) is 1. The lowest BCUT2D eigenvalue weighted by Gasteiger charge is -2.04. The number of ether oxygens (including phenoxy) is 1. The highest BCUT2D eigenvalue weighted by molar-refractivity contribution is 5.52. The summed E-state index contributed by atoms with van der Waals surface area (Å²) in [5, 5.41) is 0. The highest BCUT2D eigenvalue weighted by atomic mass is 19.2. The molecule has 76 valence electrons. The van der Waals surface area contributed by atoms with Gasteiger partial charge in [-0.15, -0.1) is 0 Å². The lowest BCUT2D eigenvalue weighted by molar-refractivity contribution is 0.371. The van der Waals surface area contributed by atoms with Crippen LogP contribution in [0.1, 0.15) is 5.56 Å². The minimum atomic E-state index is -0.980. The molecule has 0 heterocycles. The molecule has 0 aliphatic heterocycles. The van der Waals surface area contributed by atoms with Crippen molar-refractivity contribution in [2.45, 2.75) is 0 Å². The summed E-state index contributed by atoms with van der Waals surface area (Å²) >= 11 is 0. The third-order valence-corrected chi connectivity index (χ3v) is 1.73. The average molecular weight is 199 g/mol. The quantitative estimate of drug-likeness (QED) is 0.807. The lowest BCUT2D eigenvalue weighted by Crippen LogP contribution is -1.96. The maximum absolute atomic E-state index is 13.2. The van der Waals surface area contributed by atoms with Gasteiger partial charge < -0.3 is 10.5 Å². The Morgan fingerprint density at radius 1 is 1.36 bits per heavy atom. The van der Waals surface area contributed by atoms with E-state index in [1.54, 1.807) is 6.08 Å². The van der Waals surface area contributed by atoms with Crippen molar-refractivity contribution >= 4 is 6.08 Å². The van der Waals surface area contributed by atoms with Crippen LogP contribution in [0.3, 0.4) is 0 Å². The molecule has 1 aromatic carbocycles. The first-order valence-electron chi connectivity index (χ1n) is 4.09. The van der Waals surface area contributed by atoms with E-state index >= 15 is 0 Å². The molecule has 0 aliphatic rings. The lowest BCUT2D eigenvalue weighted by atomic mass is 10.2. The van der Waals surface area contributed by atoms with Crippen LogP contribution in [-0.2, 0) is 0 Å². The van der Waals surface area contributed by atoms with E-state index in [0.29, 0.717) is 0 Å². The molecule has 0 bridgehead atoms. The van der Waals surface area contributed by atoms with E-state index in [2.05, 4.69) is 4.74 Å². The van der Waals surface area contributed by atoms with Gasteiger partial charge in [-0.1, -0.05) is 12.2 Å². The first kappa shape index (κ1) is 10.7. The van der Waals surface area contributed by atoms with Crippen molar-refractivity contribution in [3.8, 4) is 5.75 Å². The molecular formula is C10H11F2NO. The van der Waals surface area contributed by atoms with Gasteiger partial charge in [0.1, 0.15) is 0 Å². The Labute approximate surface area is 81.0 Å². The second kappa shape index (κ2) is 4.72. The SMILES string of the molecule is COc1ccc(/C=C/CN)c(F)c1F. The number of rotatable bonds is 3. The van der Waals surface area contributed by atoms with Crippen LogP contribution in [0.25, 0.3) is 6.08 Å². The van der Waals surface area contributed by atoms with Crippen LogP contribution in [-0.4, -0.2) is 13.7 Å². The Morgan fingerprint density at radius 3 is 2.64 bits per heavy atom. The van der Waals surface area contributed by atoms with E-state index in [9.17, 15) is 8.78 Å². The molecular weight excluding hydrogens is 188 g/mol. The third-order valence-electron chi connectivity index (χ3n) is 1.73. The first-order chi connectivity index (χ1) is 6.70. The smallest absolute Gasteiger partial charge is 0.201 e. The molecule has 0 unspecified atom stereocenters. The number of hydrogen-bond acceptors (Lipinski definition) is 2. The predicted octanol–water partition coefficient (Wildman–Crippen LogP) is 1.95. The number of benzene rings is 1. The molecule has 0 amide bonds. The first-order valence-corrected chi connectivity index (χ1v) is 4.09. The zero-order valence-electron chi connectivity index (χ0n) is 7.76. The summed E-state index contributed by atoms with van der Waals surface area (Å²) in [6.07, 6.45) is 2.97. The summed E-state index contributed by atoms with van der Waals surface area (Å²) in [5.41, 5.74) is 5.35. The standard InChI is InChI=1S/C10H11F2NO/c1-14-8-5-4-7(3-2-6-13)9(11)10(8)12/h2-5H,6,13H2,1H3/b3-2+. The van der Waals surface area contributed by atoms with E-state index in [1.807, 2.05) is 0 Å². The third kappa shape index (κ3) is 2.09. The second-order valence-electron chi connectivity index (χ2n) is 2.62. The molecule has 1 aromatic rings. The van der Waals surface area contributed by atoms with Gasteiger partial charge in [0.25, 0.3) is 0 Å². The van der Waals surface area contributed by atoms with Gasteiger partial charge in [0.15, 0.2) is 11.6 Å². The molecule has 14 heavy (non-hydrogen) atoms. The fourth-order valence-electron chi connectivity index (χ4n) is 1.03. The predicted molar refractivity (Wildman–Crippen MR) is 51.0 cm³/mol. The fraction of sp³-hybridized carbons (Fsp3) is 0.200. The van der Waals surface area contributed by atoms with Crippen molar-refractivity contribution < 1.29 is 13.5 Å². The Balaban J connectivity index is 3.10. The molecule has 0 fully saturated rings. The molecule has 0 saturated heterocycles. The summed E-state index contributed by atoms with van der Waals surface area (Å²) in [4.78, 5) is 0. The maximum atomic E-state index is 13.2. The van der Waals surface area contributed by atoms with Gasteiger partial charge >= 0.3 is 0 Å². The van der Waals surface area contributed by atoms with E-state index in [1.165, 1.54) is 25.3 Å². The highest BCUT2D eigenvalue weighted by Gasteiger charge is 2.11. The van der Waals surface area contributed by atoms with Gasteiger partial charge in [0.2, 0.25) is 5.82 Å². The number of methoxy groups -OCH3 is 1. The molecule has 0 atom stereocenters. The van der Waals surface area contributed by atoms with Crippen LogP contribution in [0, 0.1) is 11.6 Å². The molecule has 0 aromatic heterocycles. The Bertz CT molecular complexity index is 350. The molecule has 0 aliphatic carbocycles. The minimum absolute atomic E-state index is 0.104. The van der Waals surface area contributed by atoms with Crippen LogP contribution in [0.15, 0.2) is 18.2 Å². The van der Waals surface area contributed by atoms with Gasteiger partial charge in [-0.25, -0.2) is 4.39 Å². The van der Waals surface area contributed by atoms with E-state index in [4.69, 9.17) is 5.73 Å². The number of halogens is 2. The van der Waals surface area contributed by atoms with Crippen molar-refractivity contribution in [2.24, 2.45) is 5.73 Å². The van der Waals surface area contributed by atoms with Crippen molar-refractivity contribution in [1.29, 1.82) is 0 Å². The minimum Gasteiger partial charge on any atom is -0.494 e. The van der Waals surface area contributed by atoms with Crippen molar-refractivity contribution in [1.82, 2.24) is 0 Å². The largest absolute Gasteiger partial charge is 0.494 e. The molecule has 0 saturated carbocycles. The summed E-state index contributed by atoms with van der Waals surface area (Å²) < 4.78 is 31.0. The molecule has 2 nitrogen and oxygen atoms in total. The van der Waals surface area contributed by atoms with Gasteiger partial charge in [0.05, 0.1) is 7.11 Å². The summed E-state index contributed by atoms with van der Waals surface area (Å²) in [6.45, 7) is 0.285. The van der Waals surface area contributed by atoms with E-state index < -0.39 is 11.6 Å². The molecule has 0 spiro atoms. The zero-order valence-corrected chi connectivity index (χ0v) is 7.76. The topological polar surface area (TPSA) is 35.2 Å². The maximum Gasteiger partial charge on any atom is 0.201 e. The molecule has 0 radical (unpaired) electrons. The molecule has 4 heteroatoms. The summed E-state index contributed by atoms with van der Waals surface area (Å²) in [7, 11) is 1.28. The van der Waals surface area contributed by atoms with E-state index in [0.717, 1.165) is 0 Å². The Kier molecular flexibility index (Phi) is 3.59. The van der Waals surface area contributed by atoms with Crippen molar-refractivity contribution in [2.75, 3.05) is 13.7 Å².